The molecular weight excluding hydrogens is 1580 g/mol. The van der Waals surface area contributed by atoms with E-state index in [2.05, 4.69) is 507 Å². The first-order valence-electron chi connectivity index (χ1n) is 46.6. The highest BCUT2D eigenvalue weighted by atomic mass is 15.2. The Morgan fingerprint density at radius 2 is 0.565 bits per heavy atom. The number of fused-ring (bicyclic) bond motifs is 19. The molecule has 18 aromatic carbocycles. The molecule has 20 aromatic rings. The van der Waals surface area contributed by atoms with E-state index < -0.39 is 5.41 Å². The third-order valence-corrected chi connectivity index (χ3v) is 28.9. The summed E-state index contributed by atoms with van der Waals surface area (Å²) in [4.78, 5) is 8.09. The highest BCUT2D eigenvalue weighted by Crippen LogP contribution is 2.65. The first-order valence-corrected chi connectivity index (χ1v) is 46.6. The fraction of sp³-hybridized carbons (Fsp3) is 0.136. The summed E-state index contributed by atoms with van der Waals surface area (Å²) < 4.78 is 5.11. The van der Waals surface area contributed by atoms with Crippen LogP contribution in [0.3, 0.4) is 0 Å². The smallest absolute Gasteiger partial charge is 0.252 e. The van der Waals surface area contributed by atoms with Gasteiger partial charge in [-0.25, -0.2) is 0 Å². The minimum Gasteiger partial charge on any atom is -0.310 e. The van der Waals surface area contributed by atoms with Crippen molar-refractivity contribution in [2.24, 2.45) is 0 Å². The number of nitrogens with zero attached hydrogens (tertiary/aromatic N) is 5. The molecule has 1 aliphatic carbocycles. The number of aromatic nitrogens is 2. The summed E-state index contributed by atoms with van der Waals surface area (Å²) >= 11 is 0. The van der Waals surface area contributed by atoms with Gasteiger partial charge in [0.1, 0.15) is 0 Å². The predicted molar refractivity (Wildman–Crippen MR) is 557 cm³/mol. The average molecular weight is 1690 g/mol. The van der Waals surface area contributed by atoms with Crippen LogP contribution in [0, 0.1) is 0 Å². The van der Waals surface area contributed by atoms with E-state index in [9.17, 15) is 0 Å². The van der Waals surface area contributed by atoms with Gasteiger partial charge in [0.05, 0.1) is 50.2 Å². The molecule has 5 nitrogen and oxygen atoms in total. The highest BCUT2D eigenvalue weighted by molar-refractivity contribution is 7.00. The molecule has 0 unspecified atom stereocenters. The molecule has 0 fully saturated rings. The Labute approximate surface area is 769 Å². The maximum Gasteiger partial charge on any atom is 0.252 e. The third-order valence-electron chi connectivity index (χ3n) is 28.9. The van der Waals surface area contributed by atoms with E-state index in [1.807, 2.05) is 0 Å². The summed E-state index contributed by atoms with van der Waals surface area (Å²) in [6.45, 7) is 27.9. The quantitative estimate of drug-likeness (QED) is 0.127. The van der Waals surface area contributed by atoms with Gasteiger partial charge in [-0.1, -0.05) is 356 Å². The molecule has 0 bridgehead atoms. The Balaban J connectivity index is 0.901. The lowest BCUT2D eigenvalue weighted by Gasteiger charge is -2.46. The average Bonchev–Trinajstić information content (AvgIpc) is 1.62. The first-order chi connectivity index (χ1) is 63.5. The van der Waals surface area contributed by atoms with Gasteiger partial charge in [-0.3, -0.25) is 0 Å². The summed E-state index contributed by atoms with van der Waals surface area (Å²) in [6.07, 6.45) is 0. The maximum atomic E-state index is 2.78. The van der Waals surface area contributed by atoms with E-state index in [1.54, 1.807) is 0 Å². The monoisotopic (exact) mass is 1680 g/mol. The van der Waals surface area contributed by atoms with Crippen LogP contribution in [0.1, 0.15) is 128 Å². The Kier molecular flexibility index (Phi) is 17.9. The van der Waals surface area contributed by atoms with Crippen molar-refractivity contribution in [3.05, 3.63) is 445 Å². The highest BCUT2D eigenvalue weighted by Gasteiger charge is 2.53. The van der Waals surface area contributed by atoms with E-state index in [0.29, 0.717) is 0 Å². The Morgan fingerprint density at radius 3 is 0.985 bits per heavy atom. The van der Waals surface area contributed by atoms with Crippen LogP contribution >= 0.6 is 0 Å². The van der Waals surface area contributed by atoms with Crippen LogP contribution in [0.4, 0.5) is 51.2 Å². The topological polar surface area (TPSA) is 19.6 Å². The van der Waals surface area contributed by atoms with Crippen LogP contribution in [-0.4, -0.2) is 15.8 Å². The van der Waals surface area contributed by atoms with Crippen LogP contribution in [0.5, 0.6) is 0 Å². The van der Waals surface area contributed by atoms with Crippen molar-refractivity contribution in [2.45, 2.75) is 110 Å². The molecular formula is C125H102BN5. The molecule has 2 aromatic heterocycles. The van der Waals surface area contributed by atoms with Crippen LogP contribution in [0.25, 0.3) is 122 Å². The molecule has 0 radical (unpaired) electrons. The van der Waals surface area contributed by atoms with Crippen molar-refractivity contribution >= 4 is 118 Å². The SMILES string of the molecule is CC(C)(C)c1cc(-c2ccccc2)c(N2c3cc(-n4c5ccccc5c5cc(C(C)(C)C)ccc54)ccc3B3c4ccc(-n5c6ccccc6c6cc(C(C)(C)C)ccc65)cc4N(c4c(-c5ccccc5)cc(C(C)(C)C)cc4-c4ccccc4)c4cc(-c5ccc6c(c5)C5(c7ccccc7-c7ccccc75)c5ccccc5N6c5ccccc5)cc2c43)c(-c2ccccc2)c1. The maximum absolute atomic E-state index is 2.78. The zero-order valence-corrected chi connectivity index (χ0v) is 76.4. The van der Waals surface area contributed by atoms with E-state index in [-0.39, 0.29) is 28.4 Å². The second-order valence-corrected chi connectivity index (χ2v) is 40.8. The number of rotatable bonds is 10. The largest absolute Gasteiger partial charge is 0.310 e. The van der Waals surface area contributed by atoms with Gasteiger partial charge >= 0.3 is 0 Å². The van der Waals surface area contributed by atoms with Crippen molar-refractivity contribution in [3.8, 4) is 78.1 Å². The molecule has 131 heavy (non-hydrogen) atoms. The van der Waals surface area contributed by atoms with Crippen molar-refractivity contribution in [1.29, 1.82) is 0 Å². The van der Waals surface area contributed by atoms with Crippen molar-refractivity contribution < 1.29 is 0 Å². The lowest BCUT2D eigenvalue weighted by Crippen LogP contribution is -2.61. The van der Waals surface area contributed by atoms with Crippen molar-refractivity contribution in [1.82, 2.24) is 9.13 Å². The van der Waals surface area contributed by atoms with E-state index in [1.165, 1.54) is 93.6 Å². The third kappa shape index (κ3) is 12.3. The molecule has 0 atom stereocenters. The summed E-state index contributed by atoms with van der Waals surface area (Å²) in [5, 5.41) is 4.92. The molecule has 4 aliphatic rings. The minimum atomic E-state index is -0.757. The minimum absolute atomic E-state index is 0.0829. The number of hydrogen-bond acceptors (Lipinski definition) is 3. The van der Waals surface area contributed by atoms with Gasteiger partial charge in [0.15, 0.2) is 0 Å². The molecule has 0 saturated carbocycles. The van der Waals surface area contributed by atoms with E-state index in [4.69, 9.17) is 0 Å². The lowest BCUT2D eigenvalue weighted by molar-refractivity contribution is 0.590. The van der Waals surface area contributed by atoms with Crippen LogP contribution in [0.2, 0.25) is 0 Å². The zero-order chi connectivity index (χ0) is 88.9. The lowest BCUT2D eigenvalue weighted by atomic mass is 9.33. The van der Waals surface area contributed by atoms with Crippen molar-refractivity contribution in [2.75, 3.05) is 14.7 Å². The van der Waals surface area contributed by atoms with Gasteiger partial charge in [-0.2, -0.15) is 0 Å². The fourth-order valence-electron chi connectivity index (χ4n) is 22.4. The van der Waals surface area contributed by atoms with E-state index >= 15 is 0 Å². The van der Waals surface area contributed by atoms with Gasteiger partial charge < -0.3 is 23.8 Å². The Bertz CT molecular complexity index is 7550. The molecule has 3 aliphatic heterocycles. The standard InChI is InChI=1S/C125H102BN5/c1-121(2,3)85-59-66-110-100(71-85)94-50-30-35-55-108(94)128(110)90-61-63-106-114(77-90)130(119-96(79-38-18-13-19-39-79)73-87(123(7,8)9)74-97(119)80-40-20-14-21-41-80)116-69-84(83-58-65-113-105(68-83)125(102-52-32-28-48-92(102)93-49-29-33-53-103(93)125)104-54-34-37-57-112(104)127(113)89-46-26-17-27-47-89)70-117-118(116)126(106)107-64-62-91(129-109-56-36-31-51-95(109)101-72-86(122(4,5)6)60-67-111(101)129)78-115(107)131(117)120-98(81-42-22-15-23-43-81)75-88(124(10,11)12)76-99(120)82-44-24-16-25-45-82/h13-78H,1-12H3. The molecule has 0 N–H and O–H groups in total. The molecule has 24 rings (SSSR count). The predicted octanol–water partition coefficient (Wildman–Crippen LogP) is 31.6. The molecule has 630 valence electrons. The molecule has 6 heteroatoms. The number of hydrogen-bond donors (Lipinski definition) is 0. The van der Waals surface area contributed by atoms with Gasteiger partial charge in [-0.05, 0) is 254 Å². The Hall–Kier alpha value is -15.0. The summed E-state index contributed by atoms with van der Waals surface area (Å²) in [5.41, 5.74) is 42.8. The number of para-hydroxylation sites is 4. The molecule has 5 heterocycles. The zero-order valence-electron chi connectivity index (χ0n) is 76.4. The molecule has 0 saturated heterocycles. The first kappa shape index (κ1) is 79.4. The number of anilines is 9. The van der Waals surface area contributed by atoms with Crippen LogP contribution in [0.15, 0.2) is 400 Å². The van der Waals surface area contributed by atoms with Gasteiger partial charge in [0.25, 0.3) is 6.71 Å². The molecule has 1 spiro atoms. The summed E-state index contributed by atoms with van der Waals surface area (Å²) in [5.74, 6) is 0. The van der Waals surface area contributed by atoms with E-state index in [0.717, 1.165) is 140 Å². The van der Waals surface area contributed by atoms with Crippen molar-refractivity contribution in [3.63, 3.8) is 0 Å². The van der Waals surface area contributed by atoms with Gasteiger partial charge in [-0.15, -0.1) is 0 Å². The van der Waals surface area contributed by atoms with Gasteiger partial charge in [0, 0.05) is 83.6 Å². The van der Waals surface area contributed by atoms with Crippen LogP contribution < -0.4 is 31.1 Å². The fourth-order valence-corrected chi connectivity index (χ4v) is 22.4. The Morgan fingerprint density at radius 1 is 0.206 bits per heavy atom. The number of benzene rings is 18. The second-order valence-electron chi connectivity index (χ2n) is 40.8. The molecule has 0 amide bonds. The normalized spacial score (nSPS) is 13.6. The summed E-state index contributed by atoms with van der Waals surface area (Å²) in [7, 11) is 0. The van der Waals surface area contributed by atoms with Gasteiger partial charge in [0.2, 0.25) is 0 Å². The van der Waals surface area contributed by atoms with Crippen LogP contribution in [-0.2, 0) is 27.1 Å². The summed E-state index contributed by atoms with van der Waals surface area (Å²) in [6, 6.07) is 155. The second kappa shape index (κ2) is 29.5.